The highest BCUT2D eigenvalue weighted by Gasteiger charge is 2.04. The minimum Gasteiger partial charge on any atom is -0.310 e. The average molecular weight is 322 g/mol. The second kappa shape index (κ2) is 6.83. The van der Waals surface area contributed by atoms with Gasteiger partial charge in [-0.3, -0.25) is 0 Å². The summed E-state index contributed by atoms with van der Waals surface area (Å²) >= 11 is 3.16. The lowest BCUT2D eigenvalue weighted by molar-refractivity contribution is 0.542. The largest absolute Gasteiger partial charge is 0.310 e. The highest BCUT2D eigenvalue weighted by molar-refractivity contribution is 9.10. The zero-order chi connectivity index (χ0) is 13.7. The summed E-state index contributed by atoms with van der Waals surface area (Å²) in [6, 6.07) is 15.9. The van der Waals surface area contributed by atoms with Crippen LogP contribution < -0.4 is 5.32 Å². The van der Waals surface area contributed by atoms with E-state index in [1.807, 2.05) is 24.3 Å². The number of halogens is 2. The fourth-order valence-electron chi connectivity index (χ4n) is 1.98. The molecule has 0 bridgehead atoms. The first kappa shape index (κ1) is 14.2. The van der Waals surface area contributed by atoms with Crippen molar-refractivity contribution < 1.29 is 4.39 Å². The molecule has 2 aromatic carbocycles. The van der Waals surface area contributed by atoms with Crippen LogP contribution in [0.15, 0.2) is 53.0 Å². The van der Waals surface area contributed by atoms with E-state index in [2.05, 4.69) is 40.3 Å². The fourth-order valence-corrected chi connectivity index (χ4v) is 2.23. The number of nitrogens with one attached hydrogen (secondary N) is 1. The van der Waals surface area contributed by atoms with Gasteiger partial charge in [-0.05, 0) is 52.5 Å². The van der Waals surface area contributed by atoms with Gasteiger partial charge in [-0.1, -0.05) is 36.4 Å². The van der Waals surface area contributed by atoms with Gasteiger partial charge in [0.1, 0.15) is 5.82 Å². The van der Waals surface area contributed by atoms with Gasteiger partial charge in [0.25, 0.3) is 0 Å². The Hall–Kier alpha value is -1.19. The Morgan fingerprint density at radius 2 is 1.84 bits per heavy atom. The van der Waals surface area contributed by atoms with Gasteiger partial charge in [-0.25, -0.2) is 4.39 Å². The van der Waals surface area contributed by atoms with Crippen molar-refractivity contribution in [1.82, 2.24) is 5.32 Å². The maximum atomic E-state index is 13.4. The average Bonchev–Trinajstić information content (AvgIpc) is 2.41. The Bertz CT molecular complexity index is 528. The highest BCUT2D eigenvalue weighted by Crippen LogP contribution is 2.16. The molecule has 0 radical (unpaired) electrons. The normalized spacial score (nSPS) is 12.4. The molecule has 1 nitrogen and oxygen atoms in total. The highest BCUT2D eigenvalue weighted by atomic mass is 79.9. The molecule has 0 saturated carbocycles. The van der Waals surface area contributed by atoms with Crippen molar-refractivity contribution in [2.24, 2.45) is 0 Å². The molecule has 0 amide bonds. The standard InChI is InChI=1S/C16H17BrFN/c1-12(9-13-5-3-2-4-6-13)19-11-14-7-8-15(17)16(18)10-14/h2-8,10,12,19H,9,11H2,1H3. The lowest BCUT2D eigenvalue weighted by Crippen LogP contribution is -2.27. The molecule has 0 aliphatic rings. The molecule has 2 aromatic rings. The molecule has 3 heteroatoms. The van der Waals surface area contributed by atoms with Crippen molar-refractivity contribution in [1.29, 1.82) is 0 Å². The van der Waals surface area contributed by atoms with Gasteiger partial charge < -0.3 is 5.32 Å². The third kappa shape index (κ3) is 4.44. The summed E-state index contributed by atoms with van der Waals surface area (Å²) in [6.45, 7) is 2.82. The van der Waals surface area contributed by atoms with E-state index in [1.54, 1.807) is 12.1 Å². The fraction of sp³-hybridized carbons (Fsp3) is 0.250. The van der Waals surface area contributed by atoms with Gasteiger partial charge in [0.15, 0.2) is 0 Å². The molecule has 1 atom stereocenters. The Labute approximate surface area is 122 Å². The lowest BCUT2D eigenvalue weighted by atomic mass is 10.1. The maximum Gasteiger partial charge on any atom is 0.137 e. The van der Waals surface area contributed by atoms with Crippen molar-refractivity contribution in [2.45, 2.75) is 25.9 Å². The first-order valence-electron chi connectivity index (χ1n) is 6.36. The van der Waals surface area contributed by atoms with E-state index in [4.69, 9.17) is 0 Å². The first-order valence-corrected chi connectivity index (χ1v) is 7.15. The van der Waals surface area contributed by atoms with Crippen molar-refractivity contribution in [3.63, 3.8) is 0 Å². The summed E-state index contributed by atoms with van der Waals surface area (Å²) in [5.74, 6) is -0.213. The van der Waals surface area contributed by atoms with Crippen LogP contribution in [0.25, 0.3) is 0 Å². The van der Waals surface area contributed by atoms with E-state index in [-0.39, 0.29) is 5.82 Å². The SMILES string of the molecule is CC(Cc1ccccc1)NCc1ccc(Br)c(F)c1. The Balaban J connectivity index is 1.86. The predicted molar refractivity (Wildman–Crippen MR) is 80.5 cm³/mol. The van der Waals surface area contributed by atoms with Crippen molar-refractivity contribution in [3.05, 3.63) is 69.9 Å². The molecule has 0 heterocycles. The molecular weight excluding hydrogens is 305 g/mol. The monoisotopic (exact) mass is 321 g/mol. The zero-order valence-corrected chi connectivity index (χ0v) is 12.5. The first-order chi connectivity index (χ1) is 9.15. The van der Waals surface area contributed by atoms with Crippen molar-refractivity contribution >= 4 is 15.9 Å². The van der Waals surface area contributed by atoms with Crippen LogP contribution in [0.2, 0.25) is 0 Å². The lowest BCUT2D eigenvalue weighted by Gasteiger charge is -2.14. The molecule has 1 unspecified atom stereocenters. The molecule has 1 N–H and O–H groups in total. The van der Waals surface area contributed by atoms with Crippen LogP contribution in [0.5, 0.6) is 0 Å². The van der Waals surface area contributed by atoms with Crippen molar-refractivity contribution in [2.75, 3.05) is 0 Å². The van der Waals surface area contributed by atoms with Gasteiger partial charge in [0.05, 0.1) is 4.47 Å². The van der Waals surface area contributed by atoms with E-state index < -0.39 is 0 Å². The number of rotatable bonds is 5. The Morgan fingerprint density at radius 3 is 2.53 bits per heavy atom. The minimum atomic E-state index is -0.213. The molecule has 0 aliphatic heterocycles. The molecule has 0 aromatic heterocycles. The van der Waals surface area contributed by atoms with Gasteiger partial charge in [-0.15, -0.1) is 0 Å². The third-order valence-corrected chi connectivity index (χ3v) is 3.67. The molecule has 100 valence electrons. The van der Waals surface area contributed by atoms with Crippen LogP contribution in [0, 0.1) is 5.82 Å². The summed E-state index contributed by atoms with van der Waals surface area (Å²) in [5.41, 5.74) is 2.27. The van der Waals surface area contributed by atoms with E-state index in [0.717, 1.165) is 12.0 Å². The van der Waals surface area contributed by atoms with E-state index in [0.29, 0.717) is 17.1 Å². The minimum absolute atomic E-state index is 0.213. The molecule has 0 fully saturated rings. The quantitative estimate of drug-likeness (QED) is 0.865. The second-order valence-corrected chi connectivity index (χ2v) is 5.57. The molecule has 0 saturated heterocycles. The third-order valence-electron chi connectivity index (χ3n) is 3.02. The van der Waals surface area contributed by atoms with E-state index >= 15 is 0 Å². The maximum absolute atomic E-state index is 13.4. The second-order valence-electron chi connectivity index (χ2n) is 4.72. The zero-order valence-electron chi connectivity index (χ0n) is 10.9. The van der Waals surface area contributed by atoms with Crippen LogP contribution in [0.1, 0.15) is 18.1 Å². The van der Waals surface area contributed by atoms with Crippen LogP contribution in [-0.4, -0.2) is 6.04 Å². The van der Waals surface area contributed by atoms with Gasteiger partial charge in [0, 0.05) is 12.6 Å². The van der Waals surface area contributed by atoms with Gasteiger partial charge in [-0.2, -0.15) is 0 Å². The Kier molecular flexibility index (Phi) is 5.11. The molecule has 19 heavy (non-hydrogen) atoms. The van der Waals surface area contributed by atoms with E-state index in [9.17, 15) is 4.39 Å². The summed E-state index contributed by atoms with van der Waals surface area (Å²) in [6.07, 6.45) is 0.972. The number of benzene rings is 2. The smallest absolute Gasteiger partial charge is 0.137 e. The molecule has 0 aliphatic carbocycles. The summed E-state index contributed by atoms with van der Waals surface area (Å²) in [5, 5.41) is 3.41. The van der Waals surface area contributed by atoms with E-state index in [1.165, 1.54) is 5.56 Å². The van der Waals surface area contributed by atoms with Gasteiger partial charge in [0.2, 0.25) is 0 Å². The van der Waals surface area contributed by atoms with Gasteiger partial charge >= 0.3 is 0 Å². The van der Waals surface area contributed by atoms with Crippen LogP contribution in [-0.2, 0) is 13.0 Å². The number of hydrogen-bond acceptors (Lipinski definition) is 1. The number of hydrogen-bond donors (Lipinski definition) is 1. The van der Waals surface area contributed by atoms with Crippen LogP contribution in [0.3, 0.4) is 0 Å². The molecular formula is C16H17BrFN. The van der Waals surface area contributed by atoms with Crippen LogP contribution >= 0.6 is 15.9 Å². The molecule has 0 spiro atoms. The predicted octanol–water partition coefficient (Wildman–Crippen LogP) is 4.31. The molecule has 2 rings (SSSR count). The topological polar surface area (TPSA) is 12.0 Å². The summed E-state index contributed by atoms with van der Waals surface area (Å²) < 4.78 is 13.9. The summed E-state index contributed by atoms with van der Waals surface area (Å²) in [4.78, 5) is 0. The summed E-state index contributed by atoms with van der Waals surface area (Å²) in [7, 11) is 0. The van der Waals surface area contributed by atoms with Crippen molar-refractivity contribution in [3.8, 4) is 0 Å². The Morgan fingerprint density at radius 1 is 1.11 bits per heavy atom. The van der Waals surface area contributed by atoms with Crippen LogP contribution in [0.4, 0.5) is 4.39 Å².